The van der Waals surface area contributed by atoms with Gasteiger partial charge >= 0.3 is 0 Å². The Hall–Kier alpha value is 1.53. The smallest absolute Gasteiger partial charge is 0.0351 e. The van der Waals surface area contributed by atoms with Gasteiger partial charge in [-0.05, 0) is 0 Å². The van der Waals surface area contributed by atoms with Crippen molar-refractivity contribution in [3.8, 4) is 0 Å². The molecule has 0 atom stereocenters. The van der Waals surface area contributed by atoms with Gasteiger partial charge in [0.2, 0.25) is 0 Å². The molecule has 0 rings (SSSR count). The summed E-state index contributed by atoms with van der Waals surface area (Å²) in [6.45, 7) is 0. The topological polar surface area (TPSA) is 9.23 Å². The molecule has 0 heterocycles. The molecule has 2 radical (unpaired) electrons. The van der Waals surface area contributed by atoms with E-state index in [4.69, 9.17) is 0 Å². The Morgan fingerprint density at radius 3 is 1.25 bits per heavy atom. The molecule has 0 saturated heterocycles. The van der Waals surface area contributed by atoms with Crippen molar-refractivity contribution in [1.82, 2.24) is 0 Å². The largest absolute Gasteiger partial charge is 0.388 e. The van der Waals surface area contributed by atoms with Gasteiger partial charge < -0.3 is 4.74 Å². The first-order valence-corrected chi connectivity index (χ1v) is 0.816. The van der Waals surface area contributed by atoms with Gasteiger partial charge in [0.15, 0.2) is 0 Å². The number of hydrogen-bond donors (Lipinski definition) is 0. The van der Waals surface area contributed by atoms with Crippen LogP contribution in [0.1, 0.15) is 0 Å². The van der Waals surface area contributed by atoms with Gasteiger partial charge in [-0.2, -0.15) is 0 Å². The molecule has 0 aromatic carbocycles. The summed E-state index contributed by atoms with van der Waals surface area (Å²) in [6, 6.07) is 0. The first-order valence-electron chi connectivity index (χ1n) is 0.816. The molecule has 0 amide bonds. The first kappa shape index (κ1) is 9.11. The molecule has 0 spiro atoms. The van der Waals surface area contributed by atoms with Crippen LogP contribution in [0.3, 0.4) is 0 Å². The zero-order valence-electron chi connectivity index (χ0n) is 3.12. The van der Waals surface area contributed by atoms with E-state index in [1.807, 2.05) is 0 Å². The van der Waals surface area contributed by atoms with E-state index in [-0.39, 0.29) is 48.9 Å². The summed E-state index contributed by atoms with van der Waals surface area (Å²) in [5, 5.41) is 0. The second kappa shape index (κ2) is 8.82. The minimum absolute atomic E-state index is 0. The molecule has 0 N–H and O–H groups in total. The van der Waals surface area contributed by atoms with Gasteiger partial charge in [-0.15, -0.1) is 0 Å². The Kier molecular flexibility index (Phi) is 20.1. The standard InChI is InChI=1S/C2H6O.Ba/c1-3-2;/h1-2H3;. The molecule has 2 heteroatoms. The van der Waals surface area contributed by atoms with Crippen LogP contribution in [0.2, 0.25) is 0 Å². The van der Waals surface area contributed by atoms with Gasteiger partial charge in [-0.1, -0.05) is 0 Å². The van der Waals surface area contributed by atoms with E-state index in [1.165, 1.54) is 0 Å². The number of ether oxygens (including phenoxy) is 1. The summed E-state index contributed by atoms with van der Waals surface area (Å²) in [5.74, 6) is 0. The molecule has 0 aliphatic rings. The third-order valence-electron chi connectivity index (χ3n) is 0. The van der Waals surface area contributed by atoms with Gasteiger partial charge in [-0.3, -0.25) is 0 Å². The Morgan fingerprint density at radius 1 is 1.25 bits per heavy atom. The predicted molar refractivity (Wildman–Crippen MR) is 18.7 cm³/mol. The van der Waals surface area contributed by atoms with Gasteiger partial charge in [0.05, 0.1) is 0 Å². The van der Waals surface area contributed by atoms with Crippen molar-refractivity contribution in [2.75, 3.05) is 14.2 Å². The van der Waals surface area contributed by atoms with Crippen molar-refractivity contribution >= 4 is 48.9 Å². The fourth-order valence-electron chi connectivity index (χ4n) is 0. The Balaban J connectivity index is 0. The molecule has 0 saturated carbocycles. The van der Waals surface area contributed by atoms with Crippen molar-refractivity contribution in [3.63, 3.8) is 0 Å². The average molecular weight is 183 g/mol. The van der Waals surface area contributed by atoms with Crippen LogP contribution < -0.4 is 0 Å². The third kappa shape index (κ3) is 9.65. The molecule has 0 aliphatic carbocycles. The maximum Gasteiger partial charge on any atom is 0.0351 e. The molecule has 0 aliphatic heterocycles. The third-order valence-corrected chi connectivity index (χ3v) is 0. The summed E-state index contributed by atoms with van der Waals surface area (Å²) in [4.78, 5) is 0. The van der Waals surface area contributed by atoms with Gasteiger partial charge in [-0.25, -0.2) is 0 Å². The van der Waals surface area contributed by atoms with Crippen LogP contribution in [0.15, 0.2) is 0 Å². The minimum atomic E-state index is 0. The average Bonchev–Trinajstić information content (AvgIpc) is 0.918. The summed E-state index contributed by atoms with van der Waals surface area (Å²) in [6.07, 6.45) is 0. The van der Waals surface area contributed by atoms with Crippen molar-refractivity contribution in [1.29, 1.82) is 0 Å². The second-order valence-electron chi connectivity index (χ2n) is 0.408. The van der Waals surface area contributed by atoms with Gasteiger partial charge in [0, 0.05) is 63.1 Å². The van der Waals surface area contributed by atoms with E-state index in [1.54, 1.807) is 14.2 Å². The Labute approximate surface area is 66.8 Å². The predicted octanol–water partition coefficient (Wildman–Crippen LogP) is -0.118. The van der Waals surface area contributed by atoms with Crippen molar-refractivity contribution in [2.45, 2.75) is 0 Å². The molecule has 0 unspecified atom stereocenters. The molecule has 4 heavy (non-hydrogen) atoms. The van der Waals surface area contributed by atoms with E-state index < -0.39 is 0 Å². The Bertz CT molecular complexity index is 6.00. The van der Waals surface area contributed by atoms with E-state index >= 15 is 0 Å². The van der Waals surface area contributed by atoms with Gasteiger partial charge in [0.1, 0.15) is 0 Å². The molecular weight excluding hydrogens is 177 g/mol. The maximum atomic E-state index is 4.25. The molecule has 0 aromatic heterocycles. The zero-order chi connectivity index (χ0) is 2.71. The van der Waals surface area contributed by atoms with Crippen LogP contribution in [0, 0.1) is 0 Å². The summed E-state index contributed by atoms with van der Waals surface area (Å²) >= 11 is 0. The summed E-state index contributed by atoms with van der Waals surface area (Å²) < 4.78 is 4.25. The normalized spacial score (nSPS) is 4.50. The van der Waals surface area contributed by atoms with Crippen LogP contribution in [0.4, 0.5) is 0 Å². The number of methoxy groups -OCH3 is 1. The molecule has 1 nitrogen and oxygen atoms in total. The van der Waals surface area contributed by atoms with E-state index in [2.05, 4.69) is 4.74 Å². The second-order valence-corrected chi connectivity index (χ2v) is 0.408. The summed E-state index contributed by atoms with van der Waals surface area (Å²) in [5.41, 5.74) is 0. The minimum Gasteiger partial charge on any atom is -0.388 e. The molecule has 0 bridgehead atoms. The molecule has 22 valence electrons. The van der Waals surface area contributed by atoms with Gasteiger partial charge in [0.25, 0.3) is 0 Å². The van der Waals surface area contributed by atoms with Crippen molar-refractivity contribution in [3.05, 3.63) is 0 Å². The zero-order valence-corrected chi connectivity index (χ0v) is 7.56. The monoisotopic (exact) mass is 184 g/mol. The summed E-state index contributed by atoms with van der Waals surface area (Å²) in [7, 11) is 3.25. The number of rotatable bonds is 0. The fraction of sp³-hybridized carbons (Fsp3) is 1.00. The van der Waals surface area contributed by atoms with Crippen molar-refractivity contribution in [2.24, 2.45) is 0 Å². The van der Waals surface area contributed by atoms with Crippen LogP contribution in [0.25, 0.3) is 0 Å². The Morgan fingerprint density at radius 2 is 1.25 bits per heavy atom. The quantitative estimate of drug-likeness (QED) is 0.476. The maximum absolute atomic E-state index is 4.25. The molecule has 0 fully saturated rings. The number of hydrogen-bond acceptors (Lipinski definition) is 1. The van der Waals surface area contributed by atoms with Crippen LogP contribution in [0.5, 0.6) is 0 Å². The van der Waals surface area contributed by atoms with E-state index in [0.29, 0.717) is 0 Å². The van der Waals surface area contributed by atoms with Crippen LogP contribution in [-0.2, 0) is 4.74 Å². The SMILES string of the molecule is COC.[Ba]. The van der Waals surface area contributed by atoms with E-state index in [9.17, 15) is 0 Å². The molecular formula is C2H6BaO. The first-order chi connectivity index (χ1) is 1.41. The van der Waals surface area contributed by atoms with E-state index in [0.717, 1.165) is 0 Å². The fourth-order valence-corrected chi connectivity index (χ4v) is 0. The van der Waals surface area contributed by atoms with Crippen molar-refractivity contribution < 1.29 is 4.74 Å². The van der Waals surface area contributed by atoms with Crippen LogP contribution in [-0.4, -0.2) is 63.1 Å². The van der Waals surface area contributed by atoms with Crippen LogP contribution >= 0.6 is 0 Å². The molecule has 0 aromatic rings.